The number of ether oxygens (including phenoxy) is 2. The SMILES string of the molecule is CC(C)(C)NC(=O)OC/C(=C\F)Cn1ncn(-c2ccc(OCc3ccccc3)cc2)c1=O. The van der Waals surface area contributed by atoms with E-state index >= 15 is 0 Å². The lowest BCUT2D eigenvalue weighted by Gasteiger charge is -2.20. The topological polar surface area (TPSA) is 87.4 Å². The van der Waals surface area contributed by atoms with Crippen LogP contribution in [0.25, 0.3) is 5.69 Å². The number of rotatable bonds is 8. The van der Waals surface area contributed by atoms with Crippen LogP contribution in [-0.2, 0) is 17.9 Å². The molecule has 0 radical (unpaired) electrons. The van der Waals surface area contributed by atoms with E-state index in [0.29, 0.717) is 24.4 Å². The molecule has 0 unspecified atom stereocenters. The van der Waals surface area contributed by atoms with Gasteiger partial charge in [0.05, 0.1) is 18.6 Å². The van der Waals surface area contributed by atoms with E-state index in [0.717, 1.165) is 10.2 Å². The Morgan fingerprint density at radius 1 is 1.12 bits per heavy atom. The minimum Gasteiger partial charge on any atom is -0.489 e. The molecule has 0 spiro atoms. The Morgan fingerprint density at radius 3 is 2.45 bits per heavy atom. The van der Waals surface area contributed by atoms with Gasteiger partial charge in [-0.1, -0.05) is 30.3 Å². The number of carbonyl (C=O) groups is 1. The average molecular weight is 455 g/mol. The van der Waals surface area contributed by atoms with Gasteiger partial charge in [-0.2, -0.15) is 5.10 Å². The van der Waals surface area contributed by atoms with Crippen molar-refractivity contribution < 1.29 is 18.7 Å². The van der Waals surface area contributed by atoms with Crippen molar-refractivity contribution in [1.29, 1.82) is 0 Å². The Balaban J connectivity index is 1.60. The number of halogens is 1. The van der Waals surface area contributed by atoms with Crippen molar-refractivity contribution in [1.82, 2.24) is 19.7 Å². The maximum atomic E-state index is 13.3. The summed E-state index contributed by atoms with van der Waals surface area (Å²) in [7, 11) is 0. The van der Waals surface area contributed by atoms with Gasteiger partial charge in [0.15, 0.2) is 0 Å². The van der Waals surface area contributed by atoms with Crippen LogP contribution in [-0.4, -0.2) is 32.6 Å². The third kappa shape index (κ3) is 7.06. The summed E-state index contributed by atoms with van der Waals surface area (Å²) in [5, 5.41) is 6.65. The molecule has 2 aromatic carbocycles. The average Bonchev–Trinajstić information content (AvgIpc) is 3.15. The van der Waals surface area contributed by atoms with Crippen LogP contribution in [0.15, 0.2) is 77.6 Å². The van der Waals surface area contributed by atoms with Crippen molar-refractivity contribution in [2.45, 2.75) is 39.5 Å². The minimum atomic E-state index is -0.672. The van der Waals surface area contributed by atoms with Gasteiger partial charge in [-0.15, -0.1) is 0 Å². The first kappa shape index (κ1) is 23.8. The van der Waals surface area contributed by atoms with E-state index in [1.165, 1.54) is 10.9 Å². The van der Waals surface area contributed by atoms with E-state index in [1.807, 2.05) is 30.3 Å². The quantitative estimate of drug-likeness (QED) is 0.556. The normalized spacial score (nSPS) is 11.8. The number of hydrogen-bond acceptors (Lipinski definition) is 5. The fraction of sp³-hybridized carbons (Fsp3) is 0.292. The van der Waals surface area contributed by atoms with E-state index < -0.39 is 17.3 Å². The molecular formula is C24H27FN4O4. The van der Waals surface area contributed by atoms with Gasteiger partial charge in [-0.05, 0) is 50.6 Å². The summed E-state index contributed by atoms with van der Waals surface area (Å²) in [6.45, 7) is 5.39. The molecule has 174 valence electrons. The minimum absolute atomic E-state index is 0.0936. The molecule has 1 N–H and O–H groups in total. The van der Waals surface area contributed by atoms with Gasteiger partial charge in [-0.25, -0.2) is 23.2 Å². The molecule has 0 aliphatic heterocycles. The highest BCUT2D eigenvalue weighted by atomic mass is 19.1. The second kappa shape index (κ2) is 10.6. The largest absolute Gasteiger partial charge is 0.489 e. The van der Waals surface area contributed by atoms with Crippen LogP contribution in [0.5, 0.6) is 5.75 Å². The van der Waals surface area contributed by atoms with Gasteiger partial charge >= 0.3 is 11.8 Å². The molecule has 3 rings (SSSR count). The zero-order valence-electron chi connectivity index (χ0n) is 18.8. The summed E-state index contributed by atoms with van der Waals surface area (Å²) in [4.78, 5) is 24.5. The maximum absolute atomic E-state index is 13.3. The van der Waals surface area contributed by atoms with Gasteiger partial charge in [-0.3, -0.25) is 0 Å². The lowest BCUT2D eigenvalue weighted by atomic mass is 10.1. The lowest BCUT2D eigenvalue weighted by molar-refractivity contribution is 0.145. The first-order valence-corrected chi connectivity index (χ1v) is 10.4. The number of aromatic nitrogens is 3. The fourth-order valence-electron chi connectivity index (χ4n) is 2.87. The van der Waals surface area contributed by atoms with Gasteiger partial charge in [0.2, 0.25) is 0 Å². The molecule has 0 saturated carbocycles. The molecule has 1 amide bonds. The van der Waals surface area contributed by atoms with Crippen molar-refractivity contribution in [3.8, 4) is 11.4 Å². The standard InChI is InChI=1S/C24H27FN4O4/c1-24(2,3)27-22(30)33-16-19(13-25)14-29-23(31)28(17-26-29)20-9-11-21(12-10-20)32-15-18-7-5-4-6-8-18/h4-13,17H,14-16H2,1-3H3,(H,27,30)/b19-13-. The highest BCUT2D eigenvalue weighted by Crippen LogP contribution is 2.16. The van der Waals surface area contributed by atoms with E-state index in [9.17, 15) is 14.0 Å². The van der Waals surface area contributed by atoms with Gasteiger partial charge in [0, 0.05) is 11.1 Å². The van der Waals surface area contributed by atoms with Gasteiger partial charge < -0.3 is 14.8 Å². The smallest absolute Gasteiger partial charge is 0.407 e. The van der Waals surface area contributed by atoms with Crippen molar-refractivity contribution >= 4 is 6.09 Å². The van der Waals surface area contributed by atoms with E-state index in [2.05, 4.69) is 10.4 Å². The molecule has 0 atom stereocenters. The molecule has 33 heavy (non-hydrogen) atoms. The van der Waals surface area contributed by atoms with Crippen LogP contribution in [0.4, 0.5) is 9.18 Å². The second-order valence-corrected chi connectivity index (χ2v) is 8.43. The lowest BCUT2D eigenvalue weighted by Crippen LogP contribution is -2.41. The van der Waals surface area contributed by atoms with Crippen molar-refractivity contribution in [3.05, 3.63) is 88.9 Å². The molecule has 9 heteroatoms. The highest BCUT2D eigenvalue weighted by Gasteiger charge is 2.16. The number of hydrogen-bond donors (Lipinski definition) is 1. The molecule has 0 aliphatic carbocycles. The van der Waals surface area contributed by atoms with Crippen LogP contribution >= 0.6 is 0 Å². The van der Waals surface area contributed by atoms with Crippen LogP contribution in [0, 0.1) is 0 Å². The molecule has 0 bridgehead atoms. The molecule has 1 heterocycles. The molecule has 3 aromatic rings. The van der Waals surface area contributed by atoms with Crippen molar-refractivity contribution in [2.75, 3.05) is 6.61 Å². The number of benzene rings is 2. The van der Waals surface area contributed by atoms with Crippen LogP contribution in [0.3, 0.4) is 0 Å². The maximum Gasteiger partial charge on any atom is 0.407 e. The zero-order chi connectivity index (χ0) is 23.8. The second-order valence-electron chi connectivity index (χ2n) is 8.43. The van der Waals surface area contributed by atoms with Crippen LogP contribution in [0.1, 0.15) is 26.3 Å². The molecule has 1 aromatic heterocycles. The molecule has 0 fully saturated rings. The first-order valence-electron chi connectivity index (χ1n) is 10.4. The van der Waals surface area contributed by atoms with E-state index in [1.54, 1.807) is 45.0 Å². The highest BCUT2D eigenvalue weighted by molar-refractivity contribution is 5.68. The van der Waals surface area contributed by atoms with Crippen LogP contribution in [0.2, 0.25) is 0 Å². The summed E-state index contributed by atoms with van der Waals surface area (Å²) in [6, 6.07) is 16.8. The van der Waals surface area contributed by atoms with Crippen molar-refractivity contribution in [2.24, 2.45) is 0 Å². The third-order valence-corrected chi connectivity index (χ3v) is 4.47. The number of nitrogens with one attached hydrogen (secondary N) is 1. The Labute approximate surface area is 191 Å². The van der Waals surface area contributed by atoms with Crippen molar-refractivity contribution in [3.63, 3.8) is 0 Å². The Morgan fingerprint density at radius 2 is 1.82 bits per heavy atom. The summed E-state index contributed by atoms with van der Waals surface area (Å²) in [5.41, 5.74) is 0.803. The number of alkyl carbamates (subject to hydrolysis) is 1. The van der Waals surface area contributed by atoms with Crippen LogP contribution < -0.4 is 15.7 Å². The van der Waals surface area contributed by atoms with E-state index in [4.69, 9.17) is 9.47 Å². The number of carbonyl (C=O) groups excluding carboxylic acids is 1. The summed E-state index contributed by atoms with van der Waals surface area (Å²) < 4.78 is 26.5. The Bertz CT molecular complexity index is 1150. The summed E-state index contributed by atoms with van der Waals surface area (Å²) >= 11 is 0. The molecule has 0 aliphatic rings. The number of nitrogens with zero attached hydrogens (tertiary/aromatic N) is 3. The monoisotopic (exact) mass is 454 g/mol. The van der Waals surface area contributed by atoms with E-state index in [-0.39, 0.29) is 18.7 Å². The Kier molecular flexibility index (Phi) is 7.66. The molecule has 8 nitrogen and oxygen atoms in total. The Hall–Kier alpha value is -3.88. The first-order chi connectivity index (χ1) is 15.7. The zero-order valence-corrected chi connectivity index (χ0v) is 18.8. The predicted octanol–water partition coefficient (Wildman–Crippen LogP) is 3.99. The summed E-state index contributed by atoms with van der Waals surface area (Å²) in [6.07, 6.45) is 0.995. The fourth-order valence-corrected chi connectivity index (χ4v) is 2.87. The third-order valence-electron chi connectivity index (χ3n) is 4.47. The molecule has 0 saturated heterocycles. The van der Waals surface area contributed by atoms with Gasteiger partial charge in [0.25, 0.3) is 0 Å². The number of amides is 1. The van der Waals surface area contributed by atoms with Gasteiger partial charge in [0.1, 0.15) is 25.3 Å². The molecular weight excluding hydrogens is 427 g/mol. The summed E-state index contributed by atoms with van der Waals surface area (Å²) in [5.74, 6) is 0.663. The predicted molar refractivity (Wildman–Crippen MR) is 122 cm³/mol.